The number of aromatic nitrogens is 1. The number of rotatable bonds is 8. The Morgan fingerprint density at radius 3 is 3.00 bits per heavy atom. The summed E-state index contributed by atoms with van der Waals surface area (Å²) in [6, 6.07) is 12.6. The van der Waals surface area contributed by atoms with Crippen LogP contribution in [0.25, 0.3) is 0 Å². The van der Waals surface area contributed by atoms with Crippen molar-refractivity contribution in [2.45, 2.75) is 45.2 Å². The second-order valence-electron chi connectivity index (χ2n) is 6.90. The molecular weight excluding hydrogens is 328 g/mol. The lowest BCUT2D eigenvalue weighted by atomic mass is 10.0. The van der Waals surface area contributed by atoms with E-state index in [-0.39, 0.29) is 6.61 Å². The van der Waals surface area contributed by atoms with Gasteiger partial charge in [-0.1, -0.05) is 18.2 Å². The Kier molecular flexibility index (Phi) is 6.23. The molecule has 0 saturated carbocycles. The van der Waals surface area contributed by atoms with Crippen LogP contribution in [0.1, 0.15) is 36.1 Å². The van der Waals surface area contributed by atoms with Crippen LogP contribution in [0, 0.1) is 6.92 Å². The van der Waals surface area contributed by atoms with Gasteiger partial charge in [0, 0.05) is 30.0 Å². The minimum Gasteiger partial charge on any atom is -0.482 e. The number of likely N-dealkylation sites (tertiary alicyclic amines) is 1. The number of hydrogen-bond acceptors (Lipinski definition) is 4. The Morgan fingerprint density at radius 1 is 1.35 bits per heavy atom. The van der Waals surface area contributed by atoms with Gasteiger partial charge in [-0.3, -0.25) is 9.88 Å². The van der Waals surface area contributed by atoms with E-state index in [1.807, 2.05) is 37.4 Å². The van der Waals surface area contributed by atoms with Crippen LogP contribution in [0.15, 0.2) is 42.6 Å². The predicted octanol–water partition coefficient (Wildman–Crippen LogP) is 3.45. The van der Waals surface area contributed by atoms with Gasteiger partial charge in [0.25, 0.3) is 0 Å². The van der Waals surface area contributed by atoms with Crippen LogP contribution in [0.2, 0.25) is 0 Å². The molecule has 1 aromatic heterocycles. The first kappa shape index (κ1) is 18.4. The Hall–Kier alpha value is -2.40. The second-order valence-corrected chi connectivity index (χ2v) is 6.90. The third kappa shape index (κ3) is 5.05. The topological polar surface area (TPSA) is 62.7 Å². The third-order valence-electron chi connectivity index (χ3n) is 4.92. The van der Waals surface area contributed by atoms with Gasteiger partial charge in [0.2, 0.25) is 0 Å². The summed E-state index contributed by atoms with van der Waals surface area (Å²) in [5.74, 6) is -0.281. The van der Waals surface area contributed by atoms with Crippen molar-refractivity contribution in [3.8, 4) is 5.75 Å². The van der Waals surface area contributed by atoms with E-state index in [9.17, 15) is 4.79 Å². The molecule has 1 atom stereocenters. The molecule has 1 fully saturated rings. The normalized spacial score (nSPS) is 17.3. The Morgan fingerprint density at radius 2 is 2.19 bits per heavy atom. The SMILES string of the molecule is Cc1cc(CCC2CCCN2Cc2ccccc2OCC(=O)O)ccn1. The minimum absolute atomic E-state index is 0.304. The fourth-order valence-corrected chi connectivity index (χ4v) is 3.66. The molecule has 1 aliphatic rings. The van der Waals surface area contributed by atoms with Crippen molar-refractivity contribution in [3.63, 3.8) is 0 Å². The van der Waals surface area contributed by atoms with E-state index in [4.69, 9.17) is 9.84 Å². The summed E-state index contributed by atoms with van der Waals surface area (Å²) >= 11 is 0. The molecule has 2 heterocycles. The molecule has 0 bridgehead atoms. The summed E-state index contributed by atoms with van der Waals surface area (Å²) < 4.78 is 5.45. The number of nitrogens with zero attached hydrogens (tertiary/aromatic N) is 2. The first-order valence-corrected chi connectivity index (χ1v) is 9.20. The number of aryl methyl sites for hydroxylation is 2. The fourth-order valence-electron chi connectivity index (χ4n) is 3.66. The largest absolute Gasteiger partial charge is 0.482 e. The van der Waals surface area contributed by atoms with Gasteiger partial charge >= 0.3 is 5.97 Å². The zero-order chi connectivity index (χ0) is 18.4. The molecule has 1 saturated heterocycles. The maximum absolute atomic E-state index is 10.8. The van der Waals surface area contributed by atoms with Crippen molar-refractivity contribution < 1.29 is 14.6 Å². The van der Waals surface area contributed by atoms with Crippen LogP contribution in [-0.4, -0.2) is 40.2 Å². The Bertz CT molecular complexity index is 748. The molecule has 1 N–H and O–H groups in total. The van der Waals surface area contributed by atoms with Crippen molar-refractivity contribution in [3.05, 3.63) is 59.4 Å². The van der Waals surface area contributed by atoms with Crippen molar-refractivity contribution in [2.75, 3.05) is 13.2 Å². The van der Waals surface area contributed by atoms with Crippen molar-refractivity contribution >= 4 is 5.97 Å². The summed E-state index contributed by atoms with van der Waals surface area (Å²) in [7, 11) is 0. The molecule has 0 amide bonds. The highest BCUT2D eigenvalue weighted by Crippen LogP contribution is 2.27. The smallest absolute Gasteiger partial charge is 0.341 e. The van der Waals surface area contributed by atoms with E-state index in [0.717, 1.165) is 37.2 Å². The molecule has 138 valence electrons. The molecular formula is C21H26N2O3. The number of aliphatic carboxylic acids is 1. The highest BCUT2D eigenvalue weighted by molar-refractivity contribution is 5.68. The molecule has 5 heteroatoms. The zero-order valence-corrected chi connectivity index (χ0v) is 15.2. The number of para-hydroxylation sites is 1. The number of carboxylic acids is 1. The fraction of sp³-hybridized carbons (Fsp3) is 0.429. The van der Waals surface area contributed by atoms with Crippen LogP contribution >= 0.6 is 0 Å². The van der Waals surface area contributed by atoms with E-state index in [1.165, 1.54) is 18.4 Å². The monoisotopic (exact) mass is 354 g/mol. The first-order chi connectivity index (χ1) is 12.6. The summed E-state index contributed by atoms with van der Waals surface area (Å²) in [5, 5.41) is 8.85. The molecule has 0 spiro atoms. The third-order valence-corrected chi connectivity index (χ3v) is 4.92. The van der Waals surface area contributed by atoms with Crippen molar-refractivity contribution in [1.29, 1.82) is 0 Å². The first-order valence-electron chi connectivity index (χ1n) is 9.20. The molecule has 26 heavy (non-hydrogen) atoms. The average Bonchev–Trinajstić information content (AvgIpc) is 3.06. The van der Waals surface area contributed by atoms with Crippen LogP contribution in [0.4, 0.5) is 0 Å². The number of carboxylic acid groups (broad SMARTS) is 1. The van der Waals surface area contributed by atoms with Crippen LogP contribution in [-0.2, 0) is 17.8 Å². The van der Waals surface area contributed by atoms with Gasteiger partial charge in [0.15, 0.2) is 6.61 Å². The van der Waals surface area contributed by atoms with E-state index >= 15 is 0 Å². The number of pyridine rings is 1. The molecule has 1 aromatic carbocycles. The van der Waals surface area contributed by atoms with Crippen LogP contribution in [0.3, 0.4) is 0 Å². The lowest BCUT2D eigenvalue weighted by molar-refractivity contribution is -0.139. The van der Waals surface area contributed by atoms with Gasteiger partial charge in [0.1, 0.15) is 5.75 Å². The highest BCUT2D eigenvalue weighted by Gasteiger charge is 2.25. The van der Waals surface area contributed by atoms with Crippen LogP contribution < -0.4 is 4.74 Å². The van der Waals surface area contributed by atoms with Gasteiger partial charge < -0.3 is 9.84 Å². The Balaban J connectivity index is 1.61. The summed E-state index contributed by atoms with van der Waals surface area (Å²) in [5.41, 5.74) is 3.46. The minimum atomic E-state index is -0.952. The Labute approximate surface area is 154 Å². The quantitative estimate of drug-likeness (QED) is 0.787. The maximum Gasteiger partial charge on any atom is 0.341 e. The van der Waals surface area contributed by atoms with Gasteiger partial charge in [-0.15, -0.1) is 0 Å². The number of hydrogen-bond donors (Lipinski definition) is 1. The average molecular weight is 354 g/mol. The molecule has 0 radical (unpaired) electrons. The molecule has 1 unspecified atom stereocenters. The summed E-state index contributed by atoms with van der Waals surface area (Å²) in [6.45, 7) is 3.60. The number of benzene rings is 1. The second kappa shape index (κ2) is 8.81. The highest BCUT2D eigenvalue weighted by atomic mass is 16.5. The van der Waals surface area contributed by atoms with Gasteiger partial charge in [-0.25, -0.2) is 4.79 Å². The van der Waals surface area contributed by atoms with E-state index < -0.39 is 5.97 Å². The molecule has 3 rings (SSSR count). The van der Waals surface area contributed by atoms with Gasteiger partial charge in [-0.05, 0) is 62.9 Å². The van der Waals surface area contributed by atoms with Crippen molar-refractivity contribution in [2.24, 2.45) is 0 Å². The van der Waals surface area contributed by atoms with E-state index in [0.29, 0.717) is 11.8 Å². The standard InChI is InChI=1S/C21H26N2O3/c1-16-13-17(10-11-22-16)8-9-19-6-4-12-23(19)14-18-5-2-3-7-20(18)26-15-21(24)25/h2-3,5,7,10-11,13,19H,4,6,8-9,12,14-15H2,1H3,(H,24,25). The summed E-state index contributed by atoms with van der Waals surface area (Å²) in [4.78, 5) is 17.5. The predicted molar refractivity (Wildman–Crippen MR) is 100 cm³/mol. The number of ether oxygens (including phenoxy) is 1. The molecule has 5 nitrogen and oxygen atoms in total. The molecule has 2 aromatic rings. The summed E-state index contributed by atoms with van der Waals surface area (Å²) in [6.07, 6.45) is 6.48. The van der Waals surface area contributed by atoms with Gasteiger partial charge in [-0.2, -0.15) is 0 Å². The maximum atomic E-state index is 10.8. The van der Waals surface area contributed by atoms with Gasteiger partial charge in [0.05, 0.1) is 0 Å². The van der Waals surface area contributed by atoms with Crippen LogP contribution in [0.5, 0.6) is 5.75 Å². The number of carbonyl (C=O) groups is 1. The van der Waals surface area contributed by atoms with E-state index in [2.05, 4.69) is 22.0 Å². The van der Waals surface area contributed by atoms with Crippen molar-refractivity contribution in [1.82, 2.24) is 9.88 Å². The zero-order valence-electron chi connectivity index (χ0n) is 15.2. The molecule has 1 aliphatic heterocycles. The van der Waals surface area contributed by atoms with E-state index in [1.54, 1.807) is 0 Å². The lowest BCUT2D eigenvalue weighted by Gasteiger charge is -2.25. The molecule has 0 aliphatic carbocycles. The lowest BCUT2D eigenvalue weighted by Crippen LogP contribution is -2.29.